The number of carbonyl (C=O) groups excluding carboxylic acids is 1. The van der Waals surface area contributed by atoms with Crippen molar-refractivity contribution in [3.8, 4) is 6.07 Å². The van der Waals surface area contributed by atoms with Crippen molar-refractivity contribution in [2.75, 3.05) is 31.7 Å². The number of anilines is 1. The number of nitriles is 1. The van der Waals surface area contributed by atoms with E-state index in [1.807, 2.05) is 6.07 Å². The van der Waals surface area contributed by atoms with E-state index in [0.29, 0.717) is 18.8 Å². The molecule has 21 heavy (non-hydrogen) atoms. The molecule has 1 atom stereocenters. The fourth-order valence-electron chi connectivity index (χ4n) is 2.15. The van der Waals surface area contributed by atoms with Crippen molar-refractivity contribution in [1.82, 2.24) is 0 Å². The monoisotopic (exact) mass is 291 g/mol. The number of nitrogens with zero attached hydrogens (tertiary/aromatic N) is 3. The third kappa shape index (κ3) is 3.09. The van der Waals surface area contributed by atoms with Crippen LogP contribution in [0.5, 0.6) is 0 Å². The Hall–Kier alpha value is -2.66. The summed E-state index contributed by atoms with van der Waals surface area (Å²) in [6, 6.07) is 6.01. The maximum atomic E-state index is 11.5. The highest BCUT2D eigenvalue weighted by Gasteiger charge is 2.29. The third-order valence-corrected chi connectivity index (χ3v) is 3.18. The standard InChI is InChI=1S/C13H13N3O5/c1-20-13(17)12-8-15(4-5-21-12)11-3-2-10(16(18)19)6-9(11)7-14/h2-3,6,12H,4-5,8H2,1H3. The Labute approximate surface area is 120 Å². The highest BCUT2D eigenvalue weighted by molar-refractivity contribution is 5.76. The van der Waals surface area contributed by atoms with E-state index in [2.05, 4.69) is 4.74 Å². The van der Waals surface area contributed by atoms with Crippen LogP contribution in [0.3, 0.4) is 0 Å². The van der Waals surface area contributed by atoms with E-state index in [4.69, 9.17) is 10.00 Å². The number of nitro groups is 1. The molecule has 0 radical (unpaired) electrons. The molecule has 0 bridgehead atoms. The van der Waals surface area contributed by atoms with Crippen molar-refractivity contribution in [2.45, 2.75) is 6.10 Å². The molecule has 1 aromatic carbocycles. The molecule has 0 saturated carbocycles. The Morgan fingerprint density at radius 3 is 3.00 bits per heavy atom. The topological polar surface area (TPSA) is 106 Å². The fraction of sp³-hybridized carbons (Fsp3) is 0.385. The van der Waals surface area contributed by atoms with Crippen LogP contribution in [-0.2, 0) is 14.3 Å². The van der Waals surface area contributed by atoms with Crippen LogP contribution in [0.25, 0.3) is 0 Å². The number of hydrogen-bond donors (Lipinski definition) is 0. The maximum Gasteiger partial charge on any atom is 0.336 e. The van der Waals surface area contributed by atoms with Gasteiger partial charge in [0.05, 0.1) is 36.4 Å². The first-order chi connectivity index (χ1) is 10.1. The molecule has 0 amide bonds. The quantitative estimate of drug-likeness (QED) is 0.461. The summed E-state index contributed by atoms with van der Waals surface area (Å²) in [4.78, 5) is 23.5. The van der Waals surface area contributed by atoms with Gasteiger partial charge < -0.3 is 14.4 Å². The summed E-state index contributed by atoms with van der Waals surface area (Å²) >= 11 is 0. The number of morpholine rings is 1. The van der Waals surface area contributed by atoms with E-state index >= 15 is 0 Å². The minimum atomic E-state index is -0.731. The van der Waals surface area contributed by atoms with Gasteiger partial charge in [0.25, 0.3) is 5.69 Å². The van der Waals surface area contributed by atoms with Crippen molar-refractivity contribution in [2.24, 2.45) is 0 Å². The lowest BCUT2D eigenvalue weighted by Gasteiger charge is -2.33. The van der Waals surface area contributed by atoms with E-state index in [1.54, 1.807) is 4.90 Å². The minimum Gasteiger partial charge on any atom is -0.467 e. The van der Waals surface area contributed by atoms with Gasteiger partial charge in [-0.15, -0.1) is 0 Å². The van der Waals surface area contributed by atoms with Crippen LogP contribution in [0.2, 0.25) is 0 Å². The molecule has 1 fully saturated rings. The average molecular weight is 291 g/mol. The van der Waals surface area contributed by atoms with Crippen LogP contribution in [0.4, 0.5) is 11.4 Å². The summed E-state index contributed by atoms with van der Waals surface area (Å²) in [7, 11) is 1.28. The molecule has 1 aromatic rings. The lowest BCUT2D eigenvalue weighted by Crippen LogP contribution is -2.46. The molecule has 0 aliphatic carbocycles. The first kappa shape index (κ1) is 14.7. The van der Waals surface area contributed by atoms with Crippen LogP contribution >= 0.6 is 0 Å². The average Bonchev–Trinajstić information content (AvgIpc) is 2.53. The SMILES string of the molecule is COC(=O)C1CN(c2ccc([N+](=O)[O-])cc2C#N)CCO1. The molecule has 0 spiro atoms. The predicted octanol–water partition coefficient (Wildman–Crippen LogP) is 0.845. The van der Waals surface area contributed by atoms with Gasteiger partial charge in [-0.2, -0.15) is 5.26 Å². The van der Waals surface area contributed by atoms with Gasteiger partial charge in [0.1, 0.15) is 6.07 Å². The zero-order valence-electron chi connectivity index (χ0n) is 11.3. The Morgan fingerprint density at radius 1 is 1.62 bits per heavy atom. The Balaban J connectivity index is 2.27. The van der Waals surface area contributed by atoms with Gasteiger partial charge >= 0.3 is 5.97 Å². The Bertz CT molecular complexity index is 610. The number of methoxy groups -OCH3 is 1. The summed E-state index contributed by atoms with van der Waals surface area (Å²) in [6.45, 7) is 1.03. The molecule has 1 unspecified atom stereocenters. The van der Waals surface area contributed by atoms with Crippen LogP contribution < -0.4 is 4.90 Å². The number of nitro benzene ring substituents is 1. The van der Waals surface area contributed by atoms with Gasteiger partial charge in [-0.3, -0.25) is 10.1 Å². The Morgan fingerprint density at radius 2 is 2.38 bits per heavy atom. The molecule has 110 valence electrons. The van der Waals surface area contributed by atoms with E-state index in [-0.39, 0.29) is 17.8 Å². The molecule has 1 heterocycles. The first-order valence-electron chi connectivity index (χ1n) is 6.19. The summed E-state index contributed by atoms with van der Waals surface area (Å²) in [5.74, 6) is -0.486. The maximum absolute atomic E-state index is 11.5. The molecule has 0 aromatic heterocycles. The van der Waals surface area contributed by atoms with E-state index < -0.39 is 17.0 Å². The van der Waals surface area contributed by atoms with E-state index in [9.17, 15) is 14.9 Å². The lowest BCUT2D eigenvalue weighted by molar-refractivity contribution is -0.384. The van der Waals surface area contributed by atoms with Crippen LogP contribution in [0.15, 0.2) is 18.2 Å². The highest BCUT2D eigenvalue weighted by atomic mass is 16.6. The second-order valence-corrected chi connectivity index (χ2v) is 4.40. The molecule has 8 nitrogen and oxygen atoms in total. The smallest absolute Gasteiger partial charge is 0.336 e. The predicted molar refractivity (Wildman–Crippen MR) is 71.8 cm³/mol. The summed E-state index contributed by atoms with van der Waals surface area (Å²) in [5.41, 5.74) is 0.586. The van der Waals surface area contributed by atoms with Crippen molar-refractivity contribution in [3.05, 3.63) is 33.9 Å². The summed E-state index contributed by atoms with van der Waals surface area (Å²) < 4.78 is 9.95. The number of carbonyl (C=O) groups is 1. The summed E-state index contributed by atoms with van der Waals surface area (Å²) in [6.07, 6.45) is -0.731. The number of ether oxygens (including phenoxy) is 2. The second kappa shape index (κ2) is 6.19. The van der Waals surface area contributed by atoms with Gasteiger partial charge in [-0.25, -0.2) is 4.79 Å². The number of rotatable bonds is 3. The van der Waals surface area contributed by atoms with Crippen LogP contribution in [0.1, 0.15) is 5.56 Å². The highest BCUT2D eigenvalue weighted by Crippen LogP contribution is 2.26. The lowest BCUT2D eigenvalue weighted by atomic mass is 10.1. The zero-order chi connectivity index (χ0) is 15.4. The number of esters is 1. The normalized spacial score (nSPS) is 17.9. The molecule has 1 aliphatic rings. The van der Waals surface area contributed by atoms with Crippen LogP contribution in [0, 0.1) is 21.4 Å². The van der Waals surface area contributed by atoms with Crippen LogP contribution in [-0.4, -0.2) is 43.8 Å². The van der Waals surface area contributed by atoms with E-state index in [0.717, 1.165) is 0 Å². The largest absolute Gasteiger partial charge is 0.467 e. The molecular formula is C13H13N3O5. The minimum absolute atomic E-state index is 0.145. The van der Waals surface area contributed by atoms with Crippen molar-refractivity contribution >= 4 is 17.3 Å². The number of hydrogen-bond acceptors (Lipinski definition) is 7. The third-order valence-electron chi connectivity index (χ3n) is 3.18. The van der Waals surface area contributed by atoms with Crippen molar-refractivity contribution in [1.29, 1.82) is 5.26 Å². The molecule has 8 heteroatoms. The van der Waals surface area contributed by atoms with Gasteiger partial charge in [-0.05, 0) is 6.07 Å². The van der Waals surface area contributed by atoms with Crippen molar-refractivity contribution in [3.63, 3.8) is 0 Å². The molecule has 1 saturated heterocycles. The van der Waals surface area contributed by atoms with Gasteiger partial charge in [0.2, 0.25) is 0 Å². The Kier molecular flexibility index (Phi) is 4.35. The van der Waals surface area contributed by atoms with Gasteiger partial charge in [0.15, 0.2) is 6.10 Å². The first-order valence-corrected chi connectivity index (χ1v) is 6.19. The number of benzene rings is 1. The fourth-order valence-corrected chi connectivity index (χ4v) is 2.15. The molecule has 0 N–H and O–H groups in total. The molecule has 1 aliphatic heterocycles. The van der Waals surface area contributed by atoms with Gasteiger partial charge in [-0.1, -0.05) is 0 Å². The molecule has 2 rings (SSSR count). The second-order valence-electron chi connectivity index (χ2n) is 4.40. The van der Waals surface area contributed by atoms with Crippen molar-refractivity contribution < 1.29 is 19.2 Å². The number of non-ortho nitro benzene ring substituents is 1. The zero-order valence-corrected chi connectivity index (χ0v) is 11.3. The summed E-state index contributed by atoms with van der Waals surface area (Å²) in [5, 5.41) is 19.9. The molecular weight excluding hydrogens is 278 g/mol. The van der Waals surface area contributed by atoms with E-state index in [1.165, 1.54) is 25.3 Å². The van der Waals surface area contributed by atoms with Gasteiger partial charge in [0, 0.05) is 18.7 Å².